The van der Waals surface area contributed by atoms with E-state index in [1.807, 2.05) is 0 Å². The van der Waals surface area contributed by atoms with Crippen LogP contribution in [0.5, 0.6) is 0 Å². The van der Waals surface area contributed by atoms with Gasteiger partial charge in [-0.1, -0.05) is 6.07 Å². The molecule has 0 aliphatic heterocycles. The van der Waals surface area contributed by atoms with E-state index in [1.165, 1.54) is 12.3 Å². The summed E-state index contributed by atoms with van der Waals surface area (Å²) in [4.78, 5) is 13.7. The summed E-state index contributed by atoms with van der Waals surface area (Å²) in [5.41, 5.74) is 0.0810. The van der Waals surface area contributed by atoms with Crippen LogP contribution in [0.2, 0.25) is 0 Å². The van der Waals surface area contributed by atoms with Crippen molar-refractivity contribution in [2.24, 2.45) is 0 Å². The maximum atomic E-state index is 10.1. The zero-order valence-electron chi connectivity index (χ0n) is 5.47. The minimum Gasteiger partial charge on any atom is -0.477 e. The number of nitrogens with zero attached hydrogens (tertiary/aromatic N) is 1. The zero-order chi connectivity index (χ0) is 6.69. The molecule has 0 atom stereocenters. The number of hydrogen-bond acceptors (Lipinski definition) is 2. The number of aromatic nitrogens is 1. The third-order valence-electron chi connectivity index (χ3n) is 0.884. The molecule has 0 fully saturated rings. The fraction of sp³-hybridized carbons (Fsp3) is 0. The molecule has 57 valence electrons. The van der Waals surface area contributed by atoms with Crippen LogP contribution in [0.4, 0.5) is 0 Å². The van der Waals surface area contributed by atoms with E-state index in [2.05, 4.69) is 4.98 Å². The summed E-state index contributed by atoms with van der Waals surface area (Å²) in [5, 5.41) is 8.32. The monoisotopic (exact) mass is 250 g/mol. The summed E-state index contributed by atoms with van der Waals surface area (Å²) >= 11 is 0. The van der Waals surface area contributed by atoms with Crippen LogP contribution in [0.3, 0.4) is 0 Å². The van der Waals surface area contributed by atoms with Crippen LogP contribution < -0.4 is 0 Å². The van der Waals surface area contributed by atoms with E-state index >= 15 is 0 Å². The Bertz CT molecular complexity index is 217. The van der Waals surface area contributed by atoms with Crippen molar-refractivity contribution < 1.29 is 27.3 Å². The standard InChI is InChI=1S/C6H5NO2.As.Cr/c8-6(9)5-3-1-2-4-7-5;;/h1-4H,(H,8,9);;. The summed E-state index contributed by atoms with van der Waals surface area (Å²) in [6.07, 6.45) is 1.45. The number of carboxylic acid groups (broad SMARTS) is 1. The number of carbonyl (C=O) groups is 1. The molecule has 0 saturated heterocycles. The third kappa shape index (κ3) is 4.21. The predicted octanol–water partition coefficient (Wildman–Crippen LogP) is 0.396. The second-order valence-electron chi connectivity index (χ2n) is 1.52. The van der Waals surface area contributed by atoms with Gasteiger partial charge in [0.1, 0.15) is 5.69 Å². The summed E-state index contributed by atoms with van der Waals surface area (Å²) in [6.45, 7) is 0. The van der Waals surface area contributed by atoms with Crippen molar-refractivity contribution in [1.82, 2.24) is 4.98 Å². The Morgan fingerprint density at radius 1 is 1.45 bits per heavy atom. The van der Waals surface area contributed by atoms with Crippen LogP contribution in [-0.2, 0) is 17.4 Å². The van der Waals surface area contributed by atoms with E-state index in [1.54, 1.807) is 12.1 Å². The maximum Gasteiger partial charge on any atom is 0.354 e. The largest absolute Gasteiger partial charge is 0.477 e. The van der Waals surface area contributed by atoms with E-state index in [0.717, 1.165) is 0 Å². The third-order valence-corrected chi connectivity index (χ3v) is 0.884. The van der Waals surface area contributed by atoms with Crippen LogP contribution in [0.1, 0.15) is 10.5 Å². The number of carboxylic acids is 1. The molecule has 0 unspecified atom stereocenters. The average Bonchev–Trinajstić information content (AvgIpc) is 1.90. The molecule has 0 aliphatic rings. The van der Waals surface area contributed by atoms with Gasteiger partial charge in [0.2, 0.25) is 0 Å². The first-order chi connectivity index (χ1) is 4.30. The fourth-order valence-corrected chi connectivity index (χ4v) is 0.489. The van der Waals surface area contributed by atoms with Crippen molar-refractivity contribution in [1.29, 1.82) is 0 Å². The van der Waals surface area contributed by atoms with Gasteiger partial charge in [-0.15, -0.1) is 0 Å². The molecule has 0 amide bonds. The van der Waals surface area contributed by atoms with E-state index in [-0.39, 0.29) is 41.0 Å². The van der Waals surface area contributed by atoms with Gasteiger partial charge in [-0.25, -0.2) is 9.78 Å². The van der Waals surface area contributed by atoms with Crippen molar-refractivity contribution in [3.05, 3.63) is 30.1 Å². The molecule has 0 bridgehead atoms. The molecule has 11 heavy (non-hydrogen) atoms. The quantitative estimate of drug-likeness (QED) is 0.734. The van der Waals surface area contributed by atoms with E-state index < -0.39 is 5.97 Å². The van der Waals surface area contributed by atoms with Gasteiger partial charge in [0.05, 0.1) is 0 Å². The first kappa shape index (κ1) is 13.3. The van der Waals surface area contributed by atoms with Crippen LogP contribution in [-0.4, -0.2) is 34.0 Å². The van der Waals surface area contributed by atoms with Gasteiger partial charge in [0.25, 0.3) is 0 Å². The molecule has 1 N–H and O–H groups in total. The van der Waals surface area contributed by atoms with Crippen LogP contribution in [0, 0.1) is 0 Å². The summed E-state index contributed by atoms with van der Waals surface area (Å²) in [6, 6.07) is 4.76. The Morgan fingerprint density at radius 2 is 2.09 bits per heavy atom. The molecular weight excluding hydrogens is 245 g/mol. The van der Waals surface area contributed by atoms with Gasteiger partial charge in [-0.3, -0.25) is 0 Å². The van der Waals surface area contributed by atoms with Gasteiger partial charge in [0.15, 0.2) is 0 Å². The Balaban J connectivity index is 0. The predicted molar refractivity (Wildman–Crippen MR) is 37.0 cm³/mol. The summed E-state index contributed by atoms with van der Waals surface area (Å²) < 4.78 is 0. The van der Waals surface area contributed by atoms with Crippen LogP contribution in [0.15, 0.2) is 24.4 Å². The van der Waals surface area contributed by atoms with E-state index in [4.69, 9.17) is 5.11 Å². The number of rotatable bonds is 1. The van der Waals surface area contributed by atoms with Crippen LogP contribution in [0.25, 0.3) is 0 Å². The number of pyridine rings is 1. The molecule has 5 heteroatoms. The molecule has 0 spiro atoms. The van der Waals surface area contributed by atoms with Gasteiger partial charge >= 0.3 is 5.97 Å². The van der Waals surface area contributed by atoms with Gasteiger partial charge in [-0.05, 0) is 12.1 Å². The molecule has 1 aromatic heterocycles. The Morgan fingerprint density at radius 3 is 2.36 bits per heavy atom. The average molecular weight is 250 g/mol. The fourth-order valence-electron chi connectivity index (χ4n) is 0.489. The normalized spacial score (nSPS) is 7.27. The molecule has 1 aromatic rings. The first-order valence-electron chi connectivity index (χ1n) is 2.45. The topological polar surface area (TPSA) is 50.2 Å². The minimum atomic E-state index is -0.990. The van der Waals surface area contributed by atoms with Gasteiger partial charge in [-0.2, -0.15) is 0 Å². The number of aromatic carboxylic acids is 1. The zero-order valence-corrected chi connectivity index (χ0v) is 8.62. The molecular formula is C6H5AsCrNO2. The number of hydrogen-bond donors (Lipinski definition) is 1. The molecule has 1 rings (SSSR count). The van der Waals surface area contributed by atoms with Gasteiger partial charge in [0, 0.05) is 41.5 Å². The molecule has 0 saturated carbocycles. The van der Waals surface area contributed by atoms with E-state index in [9.17, 15) is 4.79 Å². The molecule has 1 heterocycles. The van der Waals surface area contributed by atoms with Crippen molar-refractivity contribution in [3.8, 4) is 0 Å². The molecule has 0 aliphatic carbocycles. The second-order valence-corrected chi connectivity index (χ2v) is 1.52. The summed E-state index contributed by atoms with van der Waals surface area (Å²) in [7, 11) is 0. The summed E-state index contributed by atoms with van der Waals surface area (Å²) in [5.74, 6) is -0.990. The minimum absolute atomic E-state index is 0. The van der Waals surface area contributed by atoms with E-state index in [0.29, 0.717) is 0 Å². The maximum absolute atomic E-state index is 10.1. The Kier molecular flexibility index (Phi) is 7.77. The molecule has 3 nitrogen and oxygen atoms in total. The first-order valence-corrected chi connectivity index (χ1v) is 2.45. The van der Waals surface area contributed by atoms with Crippen molar-refractivity contribution in [3.63, 3.8) is 0 Å². The molecule has 3 radical (unpaired) electrons. The Labute approximate surface area is 86.3 Å². The Hall–Kier alpha value is -0.289. The smallest absolute Gasteiger partial charge is 0.354 e. The van der Waals surface area contributed by atoms with Gasteiger partial charge < -0.3 is 5.11 Å². The van der Waals surface area contributed by atoms with Crippen LogP contribution >= 0.6 is 0 Å². The van der Waals surface area contributed by atoms with Crippen molar-refractivity contribution in [2.75, 3.05) is 0 Å². The second kappa shape index (κ2) is 6.42. The van der Waals surface area contributed by atoms with Crippen molar-refractivity contribution in [2.45, 2.75) is 0 Å². The van der Waals surface area contributed by atoms with Crippen molar-refractivity contribution >= 4 is 23.9 Å². The SMILES string of the molecule is O=C(O)c1ccccn1.[As].[Cr]. The molecule has 0 aromatic carbocycles.